The van der Waals surface area contributed by atoms with Crippen LogP contribution in [-0.4, -0.2) is 21.2 Å². The van der Waals surface area contributed by atoms with Crippen LogP contribution < -0.4 is 5.32 Å². The van der Waals surface area contributed by atoms with E-state index in [0.717, 1.165) is 25.1 Å². The number of hydrogen-bond acceptors (Lipinski definition) is 3. The third kappa shape index (κ3) is 2.52. The number of fused-ring (bicyclic) bond motifs is 3. The van der Waals surface area contributed by atoms with Crippen LogP contribution in [0.3, 0.4) is 0 Å². The molecule has 0 bridgehead atoms. The number of pyridine rings is 1. The number of rotatable bonds is 3. The van der Waals surface area contributed by atoms with Gasteiger partial charge >= 0.3 is 0 Å². The van der Waals surface area contributed by atoms with E-state index < -0.39 is 5.60 Å². The Balaban J connectivity index is 1.85. The van der Waals surface area contributed by atoms with Crippen LogP contribution in [-0.2, 0) is 25.1 Å². The van der Waals surface area contributed by atoms with Crippen molar-refractivity contribution in [2.75, 3.05) is 6.54 Å². The molecule has 1 aromatic carbocycles. The van der Waals surface area contributed by atoms with Crippen LogP contribution in [0.1, 0.15) is 29.3 Å². The number of nitrogens with zero attached hydrogens (tertiary/aromatic N) is 2. The molecule has 4 nitrogen and oxygen atoms in total. The third-order valence-electron chi connectivity index (χ3n) is 5.04. The predicted molar refractivity (Wildman–Crippen MR) is 95.9 cm³/mol. The maximum atomic E-state index is 11.1. The van der Waals surface area contributed by atoms with E-state index in [-0.39, 0.29) is 0 Å². The molecule has 0 aliphatic carbocycles. The van der Waals surface area contributed by atoms with Gasteiger partial charge in [0.2, 0.25) is 0 Å². The SMILES string of the molecule is Cc1ccc2c(c1)c1c(n2CC(C)(O)c2cccnc2)CNCC1. The summed E-state index contributed by atoms with van der Waals surface area (Å²) in [6.07, 6.45) is 4.52. The molecule has 2 N–H and O–H groups in total. The maximum absolute atomic E-state index is 11.1. The van der Waals surface area contributed by atoms with Crippen molar-refractivity contribution >= 4 is 10.9 Å². The lowest BCUT2D eigenvalue weighted by Gasteiger charge is -2.27. The molecule has 2 aromatic heterocycles. The Morgan fingerprint density at radius 2 is 2.21 bits per heavy atom. The molecular weight excluding hydrogens is 298 g/mol. The molecule has 4 heteroatoms. The highest BCUT2D eigenvalue weighted by Gasteiger charge is 2.28. The molecule has 1 unspecified atom stereocenters. The predicted octanol–water partition coefficient (Wildman–Crippen LogP) is 2.90. The summed E-state index contributed by atoms with van der Waals surface area (Å²) in [4.78, 5) is 4.16. The summed E-state index contributed by atoms with van der Waals surface area (Å²) in [7, 11) is 0. The Labute approximate surface area is 142 Å². The second kappa shape index (κ2) is 5.72. The Morgan fingerprint density at radius 3 is 3.00 bits per heavy atom. The molecule has 0 radical (unpaired) electrons. The normalized spacial score (nSPS) is 16.8. The number of aromatic nitrogens is 2. The van der Waals surface area contributed by atoms with Gasteiger partial charge in [-0.2, -0.15) is 0 Å². The van der Waals surface area contributed by atoms with Gasteiger partial charge in [-0.15, -0.1) is 0 Å². The van der Waals surface area contributed by atoms with Gasteiger partial charge in [-0.3, -0.25) is 4.98 Å². The van der Waals surface area contributed by atoms with E-state index in [4.69, 9.17) is 0 Å². The quantitative estimate of drug-likeness (QED) is 0.780. The van der Waals surface area contributed by atoms with Crippen molar-refractivity contribution in [1.29, 1.82) is 0 Å². The highest BCUT2D eigenvalue weighted by molar-refractivity contribution is 5.86. The number of aliphatic hydroxyl groups is 1. The van der Waals surface area contributed by atoms with Crippen LogP contribution in [0.25, 0.3) is 10.9 Å². The van der Waals surface area contributed by atoms with Crippen LogP contribution in [0.5, 0.6) is 0 Å². The topological polar surface area (TPSA) is 50.1 Å². The summed E-state index contributed by atoms with van der Waals surface area (Å²) in [6.45, 7) is 6.39. The number of hydrogen-bond donors (Lipinski definition) is 2. The molecule has 24 heavy (non-hydrogen) atoms. The molecule has 1 atom stereocenters. The summed E-state index contributed by atoms with van der Waals surface area (Å²) in [6, 6.07) is 10.4. The summed E-state index contributed by atoms with van der Waals surface area (Å²) in [5.41, 5.74) is 5.09. The van der Waals surface area contributed by atoms with Crippen molar-refractivity contribution in [1.82, 2.24) is 14.9 Å². The van der Waals surface area contributed by atoms with E-state index in [1.165, 1.54) is 27.7 Å². The van der Waals surface area contributed by atoms with Gasteiger partial charge in [-0.05, 0) is 50.6 Å². The van der Waals surface area contributed by atoms with Gasteiger partial charge in [0.05, 0.1) is 6.54 Å². The molecule has 0 fully saturated rings. The fraction of sp³-hybridized carbons (Fsp3) is 0.350. The first-order chi connectivity index (χ1) is 11.6. The highest BCUT2D eigenvalue weighted by atomic mass is 16.3. The van der Waals surface area contributed by atoms with Crippen molar-refractivity contribution in [2.45, 2.75) is 39.0 Å². The zero-order valence-corrected chi connectivity index (χ0v) is 14.2. The minimum atomic E-state index is -0.962. The molecule has 4 rings (SSSR count). The molecular formula is C20H23N3O. The summed E-state index contributed by atoms with van der Waals surface area (Å²) >= 11 is 0. The van der Waals surface area contributed by atoms with Crippen LogP contribution in [0.15, 0.2) is 42.7 Å². The van der Waals surface area contributed by atoms with Crippen LogP contribution >= 0.6 is 0 Å². The first kappa shape index (κ1) is 15.4. The second-order valence-electron chi connectivity index (χ2n) is 6.97. The smallest absolute Gasteiger partial charge is 0.106 e. The first-order valence-corrected chi connectivity index (χ1v) is 8.50. The van der Waals surface area contributed by atoms with E-state index in [1.54, 1.807) is 12.4 Å². The van der Waals surface area contributed by atoms with E-state index in [2.05, 4.69) is 40.0 Å². The standard InChI is InChI=1S/C20H23N3O/c1-14-5-6-18-17(10-14)16-7-9-22-12-19(16)23(18)13-20(2,24)15-4-3-8-21-11-15/h3-6,8,10-11,22,24H,7,9,12-13H2,1-2H3. The lowest BCUT2D eigenvalue weighted by Crippen LogP contribution is -2.31. The zero-order chi connectivity index (χ0) is 16.7. The van der Waals surface area contributed by atoms with Gasteiger partial charge in [-0.25, -0.2) is 0 Å². The van der Waals surface area contributed by atoms with E-state index in [0.29, 0.717) is 6.54 Å². The van der Waals surface area contributed by atoms with Crippen LogP contribution in [0.4, 0.5) is 0 Å². The monoisotopic (exact) mass is 321 g/mol. The van der Waals surface area contributed by atoms with Crippen molar-refractivity contribution in [2.24, 2.45) is 0 Å². The number of aryl methyl sites for hydroxylation is 1. The van der Waals surface area contributed by atoms with E-state index in [9.17, 15) is 5.11 Å². The Kier molecular flexibility index (Phi) is 3.66. The van der Waals surface area contributed by atoms with Crippen molar-refractivity contribution in [3.05, 3.63) is 65.1 Å². The summed E-state index contributed by atoms with van der Waals surface area (Å²) < 4.78 is 2.28. The zero-order valence-electron chi connectivity index (χ0n) is 14.2. The molecule has 3 heterocycles. The Morgan fingerprint density at radius 1 is 1.33 bits per heavy atom. The maximum Gasteiger partial charge on any atom is 0.106 e. The van der Waals surface area contributed by atoms with Gasteiger partial charge in [0.15, 0.2) is 0 Å². The molecule has 0 amide bonds. The fourth-order valence-electron chi connectivity index (χ4n) is 3.75. The molecule has 1 aliphatic heterocycles. The van der Waals surface area contributed by atoms with Gasteiger partial charge in [-0.1, -0.05) is 17.7 Å². The van der Waals surface area contributed by atoms with Gasteiger partial charge in [0, 0.05) is 41.1 Å². The first-order valence-electron chi connectivity index (χ1n) is 8.50. The largest absolute Gasteiger partial charge is 0.384 e. The molecule has 0 saturated carbocycles. The molecule has 0 saturated heterocycles. The minimum absolute atomic E-state index is 0.523. The lowest BCUT2D eigenvalue weighted by molar-refractivity contribution is 0.0383. The Hall–Kier alpha value is -2.17. The fourth-order valence-corrected chi connectivity index (χ4v) is 3.75. The number of benzene rings is 1. The highest BCUT2D eigenvalue weighted by Crippen LogP contribution is 2.32. The lowest BCUT2D eigenvalue weighted by atomic mass is 9.97. The van der Waals surface area contributed by atoms with Crippen molar-refractivity contribution in [3.8, 4) is 0 Å². The molecule has 3 aromatic rings. The summed E-state index contributed by atoms with van der Waals surface area (Å²) in [5, 5.41) is 15.9. The van der Waals surface area contributed by atoms with Crippen molar-refractivity contribution in [3.63, 3.8) is 0 Å². The average Bonchev–Trinajstić information content (AvgIpc) is 2.89. The van der Waals surface area contributed by atoms with Gasteiger partial charge < -0.3 is 15.0 Å². The third-order valence-corrected chi connectivity index (χ3v) is 5.04. The van der Waals surface area contributed by atoms with E-state index >= 15 is 0 Å². The molecule has 0 spiro atoms. The van der Waals surface area contributed by atoms with Gasteiger partial charge in [0.1, 0.15) is 5.60 Å². The van der Waals surface area contributed by atoms with Crippen molar-refractivity contribution < 1.29 is 5.11 Å². The average molecular weight is 321 g/mol. The Bertz CT molecular complexity index is 881. The molecule has 1 aliphatic rings. The second-order valence-corrected chi connectivity index (χ2v) is 6.97. The summed E-state index contributed by atoms with van der Waals surface area (Å²) in [5.74, 6) is 0. The van der Waals surface area contributed by atoms with Crippen LogP contribution in [0.2, 0.25) is 0 Å². The minimum Gasteiger partial charge on any atom is -0.384 e. The number of nitrogens with one attached hydrogen (secondary N) is 1. The van der Waals surface area contributed by atoms with Gasteiger partial charge in [0.25, 0.3) is 0 Å². The van der Waals surface area contributed by atoms with E-state index in [1.807, 2.05) is 19.1 Å². The molecule has 124 valence electrons. The van der Waals surface area contributed by atoms with Crippen LogP contribution in [0, 0.1) is 6.92 Å².